The molecule has 1 aromatic rings. The van der Waals surface area contributed by atoms with Crippen LogP contribution in [-0.4, -0.2) is 44.4 Å². The van der Waals surface area contributed by atoms with Gasteiger partial charge >= 0.3 is 0 Å². The van der Waals surface area contributed by atoms with Gasteiger partial charge in [0.1, 0.15) is 0 Å². The summed E-state index contributed by atoms with van der Waals surface area (Å²) in [5, 5.41) is 3.24. The van der Waals surface area contributed by atoms with Crippen molar-refractivity contribution in [3.05, 3.63) is 24.3 Å². The molecule has 0 amide bonds. The number of nitrogens with zero attached hydrogens (tertiary/aromatic N) is 1. The highest BCUT2D eigenvalue weighted by molar-refractivity contribution is 7.98. The summed E-state index contributed by atoms with van der Waals surface area (Å²) in [7, 11) is -1.75. The summed E-state index contributed by atoms with van der Waals surface area (Å²) in [5.41, 5.74) is 0.953. The second kappa shape index (κ2) is 8.66. The summed E-state index contributed by atoms with van der Waals surface area (Å²) in [6.45, 7) is 5.00. The van der Waals surface area contributed by atoms with Crippen molar-refractivity contribution in [3.63, 3.8) is 0 Å². The molecule has 1 unspecified atom stereocenters. The van der Waals surface area contributed by atoms with Crippen LogP contribution >= 0.6 is 11.8 Å². The Morgan fingerprint density at radius 3 is 2.33 bits per heavy atom. The third-order valence-corrected chi connectivity index (χ3v) is 6.10. The van der Waals surface area contributed by atoms with Crippen LogP contribution in [0.2, 0.25) is 0 Å². The molecular weight excluding hydrogens is 304 g/mol. The van der Waals surface area contributed by atoms with Gasteiger partial charge < -0.3 is 5.32 Å². The standard InChI is InChI=1S/C15H26N2O2S2/c1-5-11-16-13-7-9-15(10-8-13)21(18,19)17(3)14(6-2)12-20-4/h7-10,14,16H,5-6,11-12H2,1-4H3. The lowest BCUT2D eigenvalue weighted by Gasteiger charge is -2.26. The molecule has 21 heavy (non-hydrogen) atoms. The Bertz CT molecular complexity index is 515. The molecule has 0 heterocycles. The molecular formula is C15H26N2O2S2. The van der Waals surface area contributed by atoms with Crippen LogP contribution in [0.4, 0.5) is 5.69 Å². The van der Waals surface area contributed by atoms with E-state index in [1.54, 1.807) is 30.9 Å². The number of hydrogen-bond acceptors (Lipinski definition) is 4. The van der Waals surface area contributed by atoms with Crippen molar-refractivity contribution >= 4 is 27.5 Å². The Labute approximate surface area is 133 Å². The van der Waals surface area contributed by atoms with Crippen LogP contribution < -0.4 is 5.32 Å². The molecule has 1 N–H and O–H groups in total. The van der Waals surface area contributed by atoms with Gasteiger partial charge in [0.05, 0.1) is 4.90 Å². The number of hydrogen-bond donors (Lipinski definition) is 1. The normalized spacial score (nSPS) is 13.4. The predicted molar refractivity (Wildman–Crippen MR) is 92.6 cm³/mol. The van der Waals surface area contributed by atoms with Crippen molar-refractivity contribution in [2.24, 2.45) is 0 Å². The quantitative estimate of drug-likeness (QED) is 0.755. The highest BCUT2D eigenvalue weighted by Gasteiger charge is 2.26. The molecule has 6 heteroatoms. The lowest BCUT2D eigenvalue weighted by atomic mass is 10.3. The van der Waals surface area contributed by atoms with Crippen molar-refractivity contribution in [2.45, 2.75) is 37.6 Å². The van der Waals surface area contributed by atoms with E-state index in [4.69, 9.17) is 0 Å². The van der Waals surface area contributed by atoms with E-state index in [1.807, 2.05) is 25.3 Å². The first-order valence-electron chi connectivity index (χ1n) is 7.28. The lowest BCUT2D eigenvalue weighted by Crippen LogP contribution is -2.38. The van der Waals surface area contributed by atoms with Crippen LogP contribution in [0.25, 0.3) is 0 Å². The summed E-state index contributed by atoms with van der Waals surface area (Å²) in [6, 6.07) is 7.03. The third-order valence-electron chi connectivity index (χ3n) is 3.45. The lowest BCUT2D eigenvalue weighted by molar-refractivity contribution is 0.385. The van der Waals surface area contributed by atoms with Crippen molar-refractivity contribution in [1.82, 2.24) is 4.31 Å². The molecule has 1 atom stereocenters. The fraction of sp³-hybridized carbons (Fsp3) is 0.600. The Hall–Kier alpha value is -0.720. The van der Waals surface area contributed by atoms with Crippen molar-refractivity contribution in [3.8, 4) is 0 Å². The fourth-order valence-corrected chi connectivity index (χ4v) is 4.42. The van der Waals surface area contributed by atoms with Gasteiger partial charge in [-0.25, -0.2) is 8.42 Å². The largest absolute Gasteiger partial charge is 0.385 e. The number of thioether (sulfide) groups is 1. The van der Waals surface area contributed by atoms with Crippen LogP contribution in [-0.2, 0) is 10.0 Å². The van der Waals surface area contributed by atoms with E-state index in [9.17, 15) is 8.42 Å². The predicted octanol–water partition coefficient (Wildman–Crippen LogP) is 3.27. The van der Waals surface area contributed by atoms with E-state index < -0.39 is 10.0 Å². The van der Waals surface area contributed by atoms with Crippen molar-refractivity contribution in [2.75, 3.05) is 30.9 Å². The monoisotopic (exact) mass is 330 g/mol. The minimum absolute atomic E-state index is 0.0305. The summed E-state index contributed by atoms with van der Waals surface area (Å²) < 4.78 is 26.8. The van der Waals surface area contributed by atoms with Crippen LogP contribution in [0.3, 0.4) is 0 Å². The maximum atomic E-state index is 12.6. The average Bonchev–Trinajstić information content (AvgIpc) is 2.50. The van der Waals surface area contributed by atoms with Gasteiger partial charge in [-0.1, -0.05) is 13.8 Å². The van der Waals surface area contributed by atoms with Gasteiger partial charge in [0.25, 0.3) is 0 Å². The molecule has 120 valence electrons. The molecule has 0 saturated carbocycles. The second-order valence-corrected chi connectivity index (χ2v) is 7.90. The Morgan fingerprint density at radius 2 is 1.86 bits per heavy atom. The van der Waals surface area contributed by atoms with E-state index in [2.05, 4.69) is 12.2 Å². The van der Waals surface area contributed by atoms with Gasteiger partial charge in [0.15, 0.2) is 0 Å². The smallest absolute Gasteiger partial charge is 0.243 e. The second-order valence-electron chi connectivity index (χ2n) is 4.99. The fourth-order valence-electron chi connectivity index (χ4n) is 2.05. The Kier molecular flexibility index (Phi) is 7.56. The minimum atomic E-state index is -3.42. The molecule has 0 radical (unpaired) electrons. The molecule has 0 aliphatic carbocycles. The zero-order valence-electron chi connectivity index (χ0n) is 13.3. The molecule has 0 fully saturated rings. The van der Waals surface area contributed by atoms with Gasteiger partial charge in [0.2, 0.25) is 10.0 Å². The Morgan fingerprint density at radius 1 is 1.24 bits per heavy atom. The Balaban J connectivity index is 2.91. The van der Waals surface area contributed by atoms with Gasteiger partial charge in [-0.05, 0) is 43.4 Å². The molecule has 0 saturated heterocycles. The molecule has 1 aromatic carbocycles. The van der Waals surface area contributed by atoms with E-state index in [1.165, 1.54) is 4.31 Å². The van der Waals surface area contributed by atoms with E-state index in [-0.39, 0.29) is 6.04 Å². The van der Waals surface area contributed by atoms with Crippen molar-refractivity contribution in [1.29, 1.82) is 0 Å². The average molecular weight is 331 g/mol. The van der Waals surface area contributed by atoms with Crippen LogP contribution in [0.15, 0.2) is 29.2 Å². The molecule has 4 nitrogen and oxygen atoms in total. The maximum Gasteiger partial charge on any atom is 0.243 e. The van der Waals surface area contributed by atoms with Gasteiger partial charge in [-0.2, -0.15) is 16.1 Å². The topological polar surface area (TPSA) is 49.4 Å². The summed E-state index contributed by atoms with van der Waals surface area (Å²) in [4.78, 5) is 0.353. The highest BCUT2D eigenvalue weighted by atomic mass is 32.2. The van der Waals surface area contributed by atoms with Crippen LogP contribution in [0.1, 0.15) is 26.7 Å². The van der Waals surface area contributed by atoms with E-state index >= 15 is 0 Å². The van der Waals surface area contributed by atoms with Gasteiger partial charge in [0, 0.05) is 31.1 Å². The maximum absolute atomic E-state index is 12.6. The summed E-state index contributed by atoms with van der Waals surface area (Å²) in [5.74, 6) is 0.808. The number of benzene rings is 1. The molecule has 0 aliphatic heterocycles. The van der Waals surface area contributed by atoms with Crippen LogP contribution in [0, 0.1) is 0 Å². The van der Waals surface area contributed by atoms with E-state index in [0.29, 0.717) is 4.90 Å². The highest BCUT2D eigenvalue weighted by Crippen LogP contribution is 2.21. The summed E-state index contributed by atoms with van der Waals surface area (Å²) >= 11 is 1.67. The van der Waals surface area contributed by atoms with Gasteiger partial charge in [-0.15, -0.1) is 0 Å². The number of nitrogens with one attached hydrogen (secondary N) is 1. The zero-order chi connectivity index (χ0) is 15.9. The molecule has 0 spiro atoms. The van der Waals surface area contributed by atoms with Crippen LogP contribution in [0.5, 0.6) is 0 Å². The van der Waals surface area contributed by atoms with Crippen molar-refractivity contribution < 1.29 is 8.42 Å². The molecule has 0 aromatic heterocycles. The number of rotatable bonds is 9. The van der Waals surface area contributed by atoms with E-state index in [0.717, 1.165) is 30.8 Å². The zero-order valence-corrected chi connectivity index (χ0v) is 14.9. The SMILES string of the molecule is CCCNc1ccc(S(=O)(=O)N(C)C(CC)CSC)cc1. The summed E-state index contributed by atoms with van der Waals surface area (Å²) in [6.07, 6.45) is 3.85. The molecule has 0 bridgehead atoms. The first kappa shape index (κ1) is 18.3. The third kappa shape index (κ3) is 4.90. The van der Waals surface area contributed by atoms with Gasteiger partial charge in [-0.3, -0.25) is 0 Å². The molecule has 0 aliphatic rings. The first-order chi connectivity index (χ1) is 9.97. The number of sulfonamides is 1. The number of anilines is 1. The minimum Gasteiger partial charge on any atom is -0.385 e. The molecule has 1 rings (SSSR count). The first-order valence-corrected chi connectivity index (χ1v) is 10.1.